The average molecular weight is 656 g/mol. The zero-order valence-electron chi connectivity index (χ0n) is 25.0. The van der Waals surface area contributed by atoms with Crippen LogP contribution in [0.3, 0.4) is 0 Å². The minimum atomic E-state index is -3.99. The number of nitrogens with zero attached hydrogens (tertiary/aromatic N) is 1. The van der Waals surface area contributed by atoms with Crippen molar-refractivity contribution in [1.29, 1.82) is 0 Å². The number of benzene rings is 5. The van der Waals surface area contributed by atoms with Crippen LogP contribution in [0.25, 0.3) is 0 Å². The van der Waals surface area contributed by atoms with E-state index in [2.05, 4.69) is 4.90 Å². The van der Waals surface area contributed by atoms with Crippen molar-refractivity contribution >= 4 is 27.4 Å². The van der Waals surface area contributed by atoms with Gasteiger partial charge in [-0.15, -0.1) is 0 Å². The minimum Gasteiger partial charge on any atom is -0.488 e. The molecule has 5 aromatic rings. The van der Waals surface area contributed by atoms with Crippen molar-refractivity contribution in [1.82, 2.24) is 4.90 Å². The molecule has 0 heterocycles. The average Bonchev–Trinajstić information content (AvgIpc) is 3.07. The van der Waals surface area contributed by atoms with Crippen LogP contribution in [0, 0.1) is 0 Å². The molecule has 7 nitrogen and oxygen atoms in total. The summed E-state index contributed by atoms with van der Waals surface area (Å²) in [4.78, 5) is 14.1. The first-order valence-electron chi connectivity index (χ1n) is 14.8. The standard InChI is InChI=1S/C37H34ClNO6S/c38-31-13-7-12-30(22-31)35(40)25-39(24-28-8-3-1-4-9-28)21-20-27-14-16-32(17-15-27)46(43,44)33-18-19-36(34(23-33)37(41)42)45-26-29-10-5-2-6-11-29/h1-19,22-23,35,40H,20-21,24-26H2,(H,41,42)/t35-/m1/s1. The predicted octanol–water partition coefficient (Wildman–Crippen LogP) is 7.23. The SMILES string of the molecule is O=C(O)c1cc(S(=O)(=O)c2ccc(CCN(Cc3ccccc3)C[C@@H](O)c3cccc(Cl)c3)cc2)ccc1OCc1ccccc1. The third-order valence-electron chi connectivity index (χ3n) is 7.59. The number of aliphatic hydroxyl groups is 1. The van der Waals surface area contributed by atoms with Crippen molar-refractivity contribution < 1.29 is 28.2 Å². The summed E-state index contributed by atoms with van der Waals surface area (Å²) in [5.74, 6) is -1.19. The van der Waals surface area contributed by atoms with E-state index in [0.717, 1.165) is 28.3 Å². The maximum atomic E-state index is 13.5. The molecule has 46 heavy (non-hydrogen) atoms. The van der Waals surface area contributed by atoms with Gasteiger partial charge in [-0.05, 0) is 71.1 Å². The van der Waals surface area contributed by atoms with Gasteiger partial charge in [0, 0.05) is 24.7 Å². The maximum absolute atomic E-state index is 13.5. The second kappa shape index (κ2) is 15.2. The van der Waals surface area contributed by atoms with E-state index in [9.17, 15) is 23.4 Å². The number of halogens is 1. The van der Waals surface area contributed by atoms with E-state index < -0.39 is 21.9 Å². The summed E-state index contributed by atoms with van der Waals surface area (Å²) in [5.41, 5.74) is 3.40. The lowest BCUT2D eigenvalue weighted by Gasteiger charge is -2.25. The number of rotatable bonds is 14. The molecule has 0 aliphatic heterocycles. The topological polar surface area (TPSA) is 104 Å². The molecule has 2 N–H and O–H groups in total. The van der Waals surface area contributed by atoms with E-state index in [1.165, 1.54) is 24.3 Å². The lowest BCUT2D eigenvalue weighted by Crippen LogP contribution is -2.30. The van der Waals surface area contributed by atoms with E-state index in [1.54, 1.807) is 24.3 Å². The summed E-state index contributed by atoms with van der Waals surface area (Å²) in [6.07, 6.45) is -0.118. The molecule has 0 fully saturated rings. The van der Waals surface area contributed by atoms with Crippen molar-refractivity contribution in [2.24, 2.45) is 0 Å². The van der Waals surface area contributed by atoms with Crippen molar-refractivity contribution in [3.05, 3.63) is 160 Å². The fourth-order valence-corrected chi connectivity index (χ4v) is 6.59. The highest BCUT2D eigenvalue weighted by atomic mass is 35.5. The molecule has 0 bridgehead atoms. The van der Waals surface area contributed by atoms with Crippen molar-refractivity contribution in [3.8, 4) is 5.75 Å². The molecule has 0 radical (unpaired) electrons. The molecule has 5 rings (SSSR count). The Kier molecular flexibility index (Phi) is 10.9. The summed E-state index contributed by atoms with van der Waals surface area (Å²) in [5, 5.41) is 21.3. The van der Waals surface area contributed by atoms with E-state index in [4.69, 9.17) is 16.3 Å². The molecule has 0 aromatic heterocycles. The van der Waals surface area contributed by atoms with Crippen molar-refractivity contribution in [3.63, 3.8) is 0 Å². The molecular formula is C37H34ClNO6S. The van der Waals surface area contributed by atoms with Gasteiger partial charge >= 0.3 is 5.97 Å². The normalized spacial score (nSPS) is 12.2. The Morgan fingerprint density at radius 3 is 2.07 bits per heavy atom. The number of carboxylic acids is 1. The number of aliphatic hydroxyl groups excluding tert-OH is 1. The van der Waals surface area contributed by atoms with Crippen LogP contribution in [0.1, 0.15) is 38.7 Å². The molecule has 0 saturated carbocycles. The number of aromatic carboxylic acids is 1. The molecule has 0 unspecified atom stereocenters. The molecule has 1 atom stereocenters. The van der Waals surface area contributed by atoms with Crippen LogP contribution in [0.5, 0.6) is 5.75 Å². The lowest BCUT2D eigenvalue weighted by molar-refractivity contribution is 0.0691. The van der Waals surface area contributed by atoms with Crippen LogP contribution in [-0.2, 0) is 29.4 Å². The predicted molar refractivity (Wildman–Crippen MR) is 178 cm³/mol. The number of carbonyl (C=O) groups is 1. The van der Waals surface area contributed by atoms with E-state index >= 15 is 0 Å². The zero-order valence-corrected chi connectivity index (χ0v) is 26.6. The minimum absolute atomic E-state index is 0.0584. The van der Waals surface area contributed by atoms with Gasteiger partial charge in [0.15, 0.2) is 0 Å². The first-order chi connectivity index (χ1) is 22.2. The number of hydrogen-bond acceptors (Lipinski definition) is 6. The Morgan fingerprint density at radius 2 is 1.41 bits per heavy atom. The summed E-state index contributed by atoms with van der Waals surface area (Å²) >= 11 is 6.14. The zero-order chi connectivity index (χ0) is 32.5. The molecule has 9 heteroatoms. The van der Waals surface area contributed by atoms with E-state index in [-0.39, 0.29) is 27.7 Å². The molecule has 0 aliphatic rings. The van der Waals surface area contributed by atoms with Gasteiger partial charge in [0.25, 0.3) is 0 Å². The van der Waals surface area contributed by atoms with Crippen molar-refractivity contribution in [2.45, 2.75) is 35.5 Å². The Balaban J connectivity index is 1.28. The van der Waals surface area contributed by atoms with Gasteiger partial charge in [0.2, 0.25) is 9.84 Å². The quantitative estimate of drug-likeness (QED) is 0.130. The highest BCUT2D eigenvalue weighted by Gasteiger charge is 2.22. The van der Waals surface area contributed by atoms with E-state index in [0.29, 0.717) is 31.1 Å². The largest absolute Gasteiger partial charge is 0.488 e. The van der Waals surface area contributed by atoms with E-state index in [1.807, 2.05) is 72.8 Å². The number of sulfone groups is 1. The summed E-state index contributed by atoms with van der Waals surface area (Å²) in [7, 11) is -3.99. The van der Waals surface area contributed by atoms with Crippen molar-refractivity contribution in [2.75, 3.05) is 13.1 Å². The van der Waals surface area contributed by atoms with Crippen LogP contribution in [0.15, 0.2) is 137 Å². The molecule has 236 valence electrons. The third-order valence-corrected chi connectivity index (χ3v) is 9.60. The van der Waals surface area contributed by atoms with Gasteiger partial charge in [-0.3, -0.25) is 4.90 Å². The number of ether oxygens (including phenoxy) is 1. The fourth-order valence-electron chi connectivity index (χ4n) is 5.10. The van der Waals surface area contributed by atoms with Gasteiger partial charge in [-0.2, -0.15) is 0 Å². The van der Waals surface area contributed by atoms with Crippen LogP contribution >= 0.6 is 11.6 Å². The molecule has 0 saturated heterocycles. The monoisotopic (exact) mass is 655 g/mol. The van der Waals surface area contributed by atoms with Gasteiger partial charge in [-0.25, -0.2) is 13.2 Å². The molecule has 5 aromatic carbocycles. The summed E-state index contributed by atoms with van der Waals surface area (Å²) < 4.78 is 32.7. The molecular weight excluding hydrogens is 622 g/mol. The Labute approximate surface area is 274 Å². The third kappa shape index (κ3) is 8.62. The lowest BCUT2D eigenvalue weighted by atomic mass is 10.1. The smallest absolute Gasteiger partial charge is 0.339 e. The highest BCUT2D eigenvalue weighted by Crippen LogP contribution is 2.28. The molecule has 0 aliphatic carbocycles. The van der Waals surface area contributed by atoms with Crippen LogP contribution in [0.4, 0.5) is 0 Å². The number of hydrogen-bond donors (Lipinski definition) is 2. The van der Waals surface area contributed by atoms with Gasteiger partial charge in [0.05, 0.1) is 15.9 Å². The molecule has 0 amide bonds. The van der Waals surface area contributed by atoms with Crippen LogP contribution in [0.2, 0.25) is 5.02 Å². The Bertz CT molecular complexity index is 1870. The van der Waals surface area contributed by atoms with Gasteiger partial charge in [0.1, 0.15) is 17.9 Å². The Hall–Kier alpha value is -4.47. The second-order valence-corrected chi connectivity index (χ2v) is 13.3. The first-order valence-corrected chi connectivity index (χ1v) is 16.6. The summed E-state index contributed by atoms with van der Waals surface area (Å²) in [6.45, 7) is 1.78. The fraction of sp³-hybridized carbons (Fsp3) is 0.162. The maximum Gasteiger partial charge on any atom is 0.339 e. The highest BCUT2D eigenvalue weighted by molar-refractivity contribution is 7.91. The van der Waals surface area contributed by atoms with Gasteiger partial charge < -0.3 is 14.9 Å². The Morgan fingerprint density at radius 1 is 0.761 bits per heavy atom. The number of carboxylic acid groups (broad SMARTS) is 1. The molecule has 0 spiro atoms. The van der Waals surface area contributed by atoms with Gasteiger partial charge in [-0.1, -0.05) is 96.5 Å². The van der Waals surface area contributed by atoms with Crippen LogP contribution in [-0.4, -0.2) is 42.6 Å². The second-order valence-electron chi connectivity index (χ2n) is 10.9. The van der Waals surface area contributed by atoms with Crippen LogP contribution < -0.4 is 4.74 Å². The summed E-state index contributed by atoms with van der Waals surface area (Å²) in [6, 6.07) is 36.9. The first kappa shape index (κ1) is 32.9.